The van der Waals surface area contributed by atoms with E-state index in [1.165, 1.54) is 6.42 Å². The predicted octanol–water partition coefficient (Wildman–Crippen LogP) is 2.45. The van der Waals surface area contributed by atoms with Crippen LogP contribution in [-0.4, -0.2) is 21.1 Å². The zero-order chi connectivity index (χ0) is 15.4. The molecule has 0 bridgehead atoms. The first-order valence-electron chi connectivity index (χ1n) is 7.79. The van der Waals surface area contributed by atoms with Crippen LogP contribution >= 0.6 is 0 Å². The number of aromatic nitrogens is 3. The monoisotopic (exact) mass is 299 g/mol. The number of nitrogens with one attached hydrogen (secondary N) is 2. The van der Waals surface area contributed by atoms with Crippen molar-refractivity contribution in [3.63, 3.8) is 0 Å². The molecule has 1 aliphatic rings. The van der Waals surface area contributed by atoms with Crippen LogP contribution in [0.4, 0.5) is 5.69 Å². The Morgan fingerprint density at radius 2 is 1.95 bits per heavy atom. The Bertz CT molecular complexity index is 628. The summed E-state index contributed by atoms with van der Waals surface area (Å²) in [6.45, 7) is 0.336. The Hall–Kier alpha value is -2.21. The third-order valence-corrected chi connectivity index (χ3v) is 4.11. The second-order valence-electron chi connectivity index (χ2n) is 5.71. The average Bonchev–Trinajstić information content (AvgIpc) is 3.05. The standard InChI is InChI=1S/C16H21N5O/c17-10-14-19-15(21-20-14)11-6-8-13(9-7-11)18-16(22)12-4-2-1-3-5-12/h6-9,12H,1-5,10,17H2,(H,18,22)(H,19,20,21). The molecule has 0 unspecified atom stereocenters. The molecule has 1 fully saturated rings. The number of hydrogen-bond donors (Lipinski definition) is 3. The Morgan fingerprint density at radius 3 is 2.59 bits per heavy atom. The highest BCUT2D eigenvalue weighted by Gasteiger charge is 2.20. The molecule has 1 aromatic heterocycles. The maximum absolute atomic E-state index is 12.2. The summed E-state index contributed by atoms with van der Waals surface area (Å²) in [5.41, 5.74) is 7.22. The van der Waals surface area contributed by atoms with E-state index in [4.69, 9.17) is 5.73 Å². The molecule has 2 aromatic rings. The van der Waals surface area contributed by atoms with Gasteiger partial charge in [-0.1, -0.05) is 19.3 Å². The first kappa shape index (κ1) is 14.7. The summed E-state index contributed by atoms with van der Waals surface area (Å²) < 4.78 is 0. The molecule has 1 saturated carbocycles. The highest BCUT2D eigenvalue weighted by molar-refractivity contribution is 5.92. The molecule has 1 aromatic carbocycles. The van der Waals surface area contributed by atoms with Gasteiger partial charge in [-0.05, 0) is 37.1 Å². The number of carbonyl (C=O) groups excluding carboxylic acids is 1. The lowest BCUT2D eigenvalue weighted by Crippen LogP contribution is -2.24. The van der Waals surface area contributed by atoms with E-state index in [0.717, 1.165) is 36.9 Å². The van der Waals surface area contributed by atoms with Crippen molar-refractivity contribution >= 4 is 11.6 Å². The van der Waals surface area contributed by atoms with Crippen LogP contribution < -0.4 is 11.1 Å². The van der Waals surface area contributed by atoms with Crippen LogP contribution in [0.2, 0.25) is 0 Å². The molecule has 6 nitrogen and oxygen atoms in total. The smallest absolute Gasteiger partial charge is 0.227 e. The molecule has 0 spiro atoms. The summed E-state index contributed by atoms with van der Waals surface area (Å²) in [7, 11) is 0. The maximum Gasteiger partial charge on any atom is 0.227 e. The first-order valence-corrected chi connectivity index (χ1v) is 7.79. The topological polar surface area (TPSA) is 96.7 Å². The number of benzene rings is 1. The zero-order valence-corrected chi connectivity index (χ0v) is 12.5. The normalized spacial score (nSPS) is 15.7. The van der Waals surface area contributed by atoms with Crippen molar-refractivity contribution in [2.24, 2.45) is 11.7 Å². The fourth-order valence-corrected chi connectivity index (χ4v) is 2.83. The van der Waals surface area contributed by atoms with Crippen LogP contribution in [0.25, 0.3) is 11.4 Å². The average molecular weight is 299 g/mol. The Labute approximate surface area is 129 Å². The van der Waals surface area contributed by atoms with Crippen molar-refractivity contribution in [1.82, 2.24) is 15.2 Å². The second kappa shape index (κ2) is 6.70. The van der Waals surface area contributed by atoms with E-state index in [1.54, 1.807) is 0 Å². The van der Waals surface area contributed by atoms with Crippen LogP contribution in [-0.2, 0) is 11.3 Å². The molecule has 0 atom stereocenters. The van der Waals surface area contributed by atoms with Crippen molar-refractivity contribution in [3.8, 4) is 11.4 Å². The van der Waals surface area contributed by atoms with E-state index < -0.39 is 0 Å². The molecule has 116 valence electrons. The van der Waals surface area contributed by atoms with Gasteiger partial charge in [-0.3, -0.25) is 9.89 Å². The third kappa shape index (κ3) is 3.33. The quantitative estimate of drug-likeness (QED) is 0.807. The van der Waals surface area contributed by atoms with Crippen LogP contribution in [0.3, 0.4) is 0 Å². The van der Waals surface area contributed by atoms with Gasteiger partial charge in [-0.15, -0.1) is 0 Å². The fourth-order valence-electron chi connectivity index (χ4n) is 2.83. The van der Waals surface area contributed by atoms with Crippen molar-refractivity contribution in [3.05, 3.63) is 30.1 Å². The number of aromatic amines is 1. The van der Waals surface area contributed by atoms with Gasteiger partial charge in [0.05, 0.1) is 6.54 Å². The van der Waals surface area contributed by atoms with Crippen molar-refractivity contribution in [2.45, 2.75) is 38.6 Å². The molecule has 0 aliphatic heterocycles. The number of anilines is 1. The predicted molar refractivity (Wildman–Crippen MR) is 84.9 cm³/mol. The fraction of sp³-hybridized carbons (Fsp3) is 0.438. The molecule has 1 aliphatic carbocycles. The van der Waals surface area contributed by atoms with Gasteiger partial charge < -0.3 is 11.1 Å². The summed E-state index contributed by atoms with van der Waals surface area (Å²) in [6, 6.07) is 7.57. The van der Waals surface area contributed by atoms with E-state index in [2.05, 4.69) is 20.5 Å². The number of rotatable bonds is 4. The van der Waals surface area contributed by atoms with Gasteiger partial charge in [-0.25, -0.2) is 4.98 Å². The van der Waals surface area contributed by atoms with E-state index in [-0.39, 0.29) is 11.8 Å². The number of hydrogen-bond acceptors (Lipinski definition) is 4. The van der Waals surface area contributed by atoms with Crippen LogP contribution in [0.15, 0.2) is 24.3 Å². The van der Waals surface area contributed by atoms with Gasteiger partial charge in [0.2, 0.25) is 5.91 Å². The lowest BCUT2D eigenvalue weighted by molar-refractivity contribution is -0.120. The molecule has 0 radical (unpaired) electrons. The largest absolute Gasteiger partial charge is 0.326 e. The Kier molecular flexibility index (Phi) is 4.48. The zero-order valence-electron chi connectivity index (χ0n) is 12.5. The van der Waals surface area contributed by atoms with Crippen molar-refractivity contribution in [2.75, 3.05) is 5.32 Å². The molecular formula is C16H21N5O. The molecule has 4 N–H and O–H groups in total. The van der Waals surface area contributed by atoms with Gasteiger partial charge in [0.25, 0.3) is 0 Å². The number of nitrogens with zero attached hydrogens (tertiary/aromatic N) is 2. The highest BCUT2D eigenvalue weighted by atomic mass is 16.1. The van der Waals surface area contributed by atoms with Gasteiger partial charge in [0.15, 0.2) is 5.82 Å². The van der Waals surface area contributed by atoms with Crippen molar-refractivity contribution < 1.29 is 4.79 Å². The Balaban J connectivity index is 1.64. The molecule has 22 heavy (non-hydrogen) atoms. The lowest BCUT2D eigenvalue weighted by Gasteiger charge is -2.20. The molecule has 1 heterocycles. The summed E-state index contributed by atoms with van der Waals surface area (Å²) in [5, 5.41) is 9.90. The molecular weight excluding hydrogens is 278 g/mol. The van der Waals surface area contributed by atoms with Gasteiger partial charge in [-0.2, -0.15) is 5.10 Å². The van der Waals surface area contributed by atoms with Gasteiger partial charge in [0.1, 0.15) is 5.82 Å². The summed E-state index contributed by atoms with van der Waals surface area (Å²) >= 11 is 0. The number of H-pyrrole nitrogens is 1. The minimum atomic E-state index is 0.135. The van der Waals surface area contributed by atoms with Crippen molar-refractivity contribution in [1.29, 1.82) is 0 Å². The minimum Gasteiger partial charge on any atom is -0.326 e. The highest BCUT2D eigenvalue weighted by Crippen LogP contribution is 2.25. The molecule has 3 rings (SSSR count). The van der Waals surface area contributed by atoms with Crippen LogP contribution in [0.5, 0.6) is 0 Å². The van der Waals surface area contributed by atoms with Gasteiger partial charge in [0, 0.05) is 17.2 Å². The molecule has 0 saturated heterocycles. The Morgan fingerprint density at radius 1 is 1.23 bits per heavy atom. The maximum atomic E-state index is 12.2. The third-order valence-electron chi connectivity index (χ3n) is 4.11. The lowest BCUT2D eigenvalue weighted by atomic mass is 9.88. The van der Waals surface area contributed by atoms with E-state index >= 15 is 0 Å². The van der Waals surface area contributed by atoms with Crippen LogP contribution in [0.1, 0.15) is 37.9 Å². The first-order chi connectivity index (χ1) is 10.8. The SMILES string of the molecule is NCc1nc(-c2ccc(NC(=O)C3CCCCC3)cc2)n[nH]1. The molecule has 1 amide bonds. The van der Waals surface area contributed by atoms with E-state index in [0.29, 0.717) is 18.2 Å². The molecule has 6 heteroatoms. The second-order valence-corrected chi connectivity index (χ2v) is 5.71. The van der Waals surface area contributed by atoms with E-state index in [1.807, 2.05) is 24.3 Å². The summed E-state index contributed by atoms with van der Waals surface area (Å²) in [6.07, 6.45) is 5.57. The number of nitrogens with two attached hydrogens (primary N) is 1. The summed E-state index contributed by atoms with van der Waals surface area (Å²) in [5.74, 6) is 1.57. The van der Waals surface area contributed by atoms with Gasteiger partial charge >= 0.3 is 0 Å². The number of carbonyl (C=O) groups is 1. The van der Waals surface area contributed by atoms with E-state index in [9.17, 15) is 4.79 Å². The number of amides is 1. The van der Waals surface area contributed by atoms with Crippen LogP contribution in [0, 0.1) is 5.92 Å². The minimum absolute atomic E-state index is 0.135. The summed E-state index contributed by atoms with van der Waals surface area (Å²) in [4.78, 5) is 16.5.